The first-order chi connectivity index (χ1) is 13.2. The maximum absolute atomic E-state index is 13.5. The van der Waals surface area contributed by atoms with Crippen molar-refractivity contribution in [2.75, 3.05) is 11.9 Å². The maximum atomic E-state index is 13.5. The van der Waals surface area contributed by atoms with Gasteiger partial charge in [0.1, 0.15) is 0 Å². The lowest BCUT2D eigenvalue weighted by atomic mass is 9.80. The van der Waals surface area contributed by atoms with Crippen LogP contribution in [0.25, 0.3) is 0 Å². The summed E-state index contributed by atoms with van der Waals surface area (Å²) < 4.78 is 0. The molecule has 0 unspecified atom stereocenters. The number of fused-ring (bicyclic) bond motifs is 3. The van der Waals surface area contributed by atoms with E-state index in [1.165, 1.54) is 16.8 Å². The summed E-state index contributed by atoms with van der Waals surface area (Å²) in [7, 11) is 0. The second-order valence-electron chi connectivity index (χ2n) is 8.25. The summed E-state index contributed by atoms with van der Waals surface area (Å²) in [5.74, 6) is 0.702. The number of carbonyl (C=O) groups excluding carboxylic acids is 1. The monoisotopic (exact) mass is 385 g/mol. The van der Waals surface area contributed by atoms with E-state index in [1.807, 2.05) is 0 Å². The number of hydrogen-bond donors (Lipinski definition) is 2. The number of hydrogen-bond acceptors (Lipinski definition) is 4. The SMILES string of the molecule is N[C@@H]1CCCC[C@@H]1C(=O)N1CC[C@@H]2[C@H](c3ccsc3)Nc3ccccc3[C@@H]21.[HH].[HH]. The van der Waals surface area contributed by atoms with Crippen molar-refractivity contribution in [1.29, 1.82) is 0 Å². The third-order valence-corrected chi connectivity index (χ3v) is 7.49. The molecule has 0 bridgehead atoms. The molecule has 27 heavy (non-hydrogen) atoms. The molecule has 1 saturated heterocycles. The largest absolute Gasteiger partial charge is 0.378 e. The fourth-order valence-electron chi connectivity index (χ4n) is 5.43. The average molecular weight is 386 g/mol. The molecule has 3 aliphatic rings. The zero-order chi connectivity index (χ0) is 18.4. The van der Waals surface area contributed by atoms with E-state index < -0.39 is 0 Å². The zero-order valence-electron chi connectivity index (χ0n) is 15.5. The van der Waals surface area contributed by atoms with Crippen molar-refractivity contribution < 1.29 is 7.65 Å². The van der Waals surface area contributed by atoms with Gasteiger partial charge in [0, 0.05) is 27.0 Å². The highest BCUT2D eigenvalue weighted by Crippen LogP contribution is 2.52. The van der Waals surface area contributed by atoms with Gasteiger partial charge in [-0.15, -0.1) is 0 Å². The molecule has 5 atom stereocenters. The Bertz CT molecular complexity index is 831. The molecule has 1 aromatic heterocycles. The van der Waals surface area contributed by atoms with Crippen molar-refractivity contribution in [3.05, 3.63) is 52.2 Å². The molecule has 1 saturated carbocycles. The number of rotatable bonds is 2. The highest BCUT2D eigenvalue weighted by molar-refractivity contribution is 7.08. The van der Waals surface area contributed by atoms with Gasteiger partial charge < -0.3 is 16.0 Å². The summed E-state index contributed by atoms with van der Waals surface area (Å²) in [6.45, 7) is 0.841. The summed E-state index contributed by atoms with van der Waals surface area (Å²) in [5.41, 5.74) is 10.1. The second-order valence-corrected chi connectivity index (χ2v) is 9.03. The molecule has 5 rings (SSSR count). The number of nitrogens with zero attached hydrogens (tertiary/aromatic N) is 1. The highest BCUT2D eigenvalue weighted by atomic mass is 32.1. The summed E-state index contributed by atoms with van der Waals surface area (Å²) in [4.78, 5) is 15.7. The summed E-state index contributed by atoms with van der Waals surface area (Å²) in [5, 5.41) is 8.15. The molecule has 146 valence electrons. The lowest BCUT2D eigenvalue weighted by Crippen LogP contribution is -2.46. The van der Waals surface area contributed by atoms with Crippen molar-refractivity contribution in [2.24, 2.45) is 17.6 Å². The lowest BCUT2D eigenvalue weighted by molar-refractivity contribution is -0.138. The zero-order valence-corrected chi connectivity index (χ0v) is 16.3. The molecule has 2 fully saturated rings. The van der Waals surface area contributed by atoms with E-state index in [1.54, 1.807) is 11.3 Å². The van der Waals surface area contributed by atoms with Crippen molar-refractivity contribution in [3.63, 3.8) is 0 Å². The van der Waals surface area contributed by atoms with Gasteiger partial charge in [-0.2, -0.15) is 11.3 Å². The summed E-state index contributed by atoms with van der Waals surface area (Å²) >= 11 is 1.74. The minimum Gasteiger partial charge on any atom is -0.378 e. The van der Waals surface area contributed by atoms with Crippen LogP contribution in [0.5, 0.6) is 0 Å². The van der Waals surface area contributed by atoms with Gasteiger partial charge in [-0.1, -0.05) is 31.0 Å². The van der Waals surface area contributed by atoms with Gasteiger partial charge in [-0.25, -0.2) is 0 Å². The maximum Gasteiger partial charge on any atom is 0.227 e. The predicted molar refractivity (Wildman–Crippen MR) is 114 cm³/mol. The van der Waals surface area contributed by atoms with Gasteiger partial charge in [0.2, 0.25) is 5.91 Å². The van der Waals surface area contributed by atoms with Crippen LogP contribution in [0.1, 0.15) is 58.2 Å². The molecule has 2 aromatic rings. The number of thiophene rings is 1. The number of amides is 1. The van der Waals surface area contributed by atoms with Crippen LogP contribution in [0.4, 0.5) is 5.69 Å². The third-order valence-electron chi connectivity index (χ3n) is 6.79. The number of benzene rings is 1. The normalized spacial score (nSPS) is 32.5. The first-order valence-electron chi connectivity index (χ1n) is 10.2. The van der Waals surface area contributed by atoms with Crippen molar-refractivity contribution in [3.8, 4) is 0 Å². The molecular weight excluding hydrogens is 354 g/mol. The molecule has 3 N–H and O–H groups in total. The van der Waals surface area contributed by atoms with Crippen LogP contribution >= 0.6 is 11.3 Å². The number of nitrogens with two attached hydrogens (primary N) is 1. The Hall–Kier alpha value is -1.85. The van der Waals surface area contributed by atoms with E-state index in [0.717, 1.165) is 38.6 Å². The fraction of sp³-hybridized carbons (Fsp3) is 0.500. The van der Waals surface area contributed by atoms with Crippen LogP contribution in [0.15, 0.2) is 41.1 Å². The smallest absolute Gasteiger partial charge is 0.227 e. The standard InChI is InChI=1S/C22H27N3OS.2H2/c23-18-7-3-1-5-15(18)22(26)25-11-9-17-20(14-10-12-27-13-14)24-19-8-4-2-6-16(19)21(17)25;;/h2,4,6,8,10,12-13,15,17-18,20-21,24H,1,3,5,7,9,11,23H2;2*1H/t15-,17+,18+,20-,21-;;/m0../s1. The Balaban J connectivity index is 0.00000120. The van der Waals surface area contributed by atoms with Gasteiger partial charge >= 0.3 is 0 Å². The van der Waals surface area contributed by atoms with Crippen molar-refractivity contribution >= 4 is 22.9 Å². The first kappa shape index (κ1) is 17.3. The number of para-hydroxylation sites is 1. The van der Waals surface area contributed by atoms with E-state index in [0.29, 0.717) is 5.92 Å². The van der Waals surface area contributed by atoms with Crippen molar-refractivity contribution in [2.45, 2.75) is 50.2 Å². The summed E-state index contributed by atoms with van der Waals surface area (Å²) in [6.07, 6.45) is 5.25. The van der Waals surface area contributed by atoms with Gasteiger partial charge in [0.25, 0.3) is 0 Å². The van der Waals surface area contributed by atoms with Gasteiger partial charge in [0.05, 0.1) is 18.0 Å². The molecule has 0 spiro atoms. The number of carbonyl (C=O) groups is 1. The Labute approximate surface area is 167 Å². The van der Waals surface area contributed by atoms with Gasteiger partial charge in [-0.05, 0) is 53.3 Å². The average Bonchev–Trinajstić information content (AvgIpc) is 3.37. The third kappa shape index (κ3) is 2.88. The van der Waals surface area contributed by atoms with Crippen LogP contribution < -0.4 is 11.1 Å². The van der Waals surface area contributed by atoms with Crippen LogP contribution in [-0.4, -0.2) is 23.4 Å². The number of likely N-dealkylation sites (tertiary alicyclic amines) is 1. The van der Waals surface area contributed by atoms with Crippen molar-refractivity contribution in [1.82, 2.24) is 4.90 Å². The lowest BCUT2D eigenvalue weighted by Gasteiger charge is -2.41. The molecule has 3 heterocycles. The second kappa shape index (κ2) is 6.95. The van der Waals surface area contributed by atoms with Crippen LogP contribution in [0.3, 0.4) is 0 Å². The van der Waals surface area contributed by atoms with Crippen LogP contribution in [0, 0.1) is 11.8 Å². The predicted octanol–water partition coefficient (Wildman–Crippen LogP) is 4.81. The molecule has 0 radical (unpaired) electrons. The highest BCUT2D eigenvalue weighted by Gasteiger charge is 2.48. The van der Waals surface area contributed by atoms with Crippen LogP contribution in [-0.2, 0) is 4.79 Å². The minimum atomic E-state index is -0.000791. The van der Waals surface area contributed by atoms with Gasteiger partial charge in [0.15, 0.2) is 0 Å². The molecule has 1 aliphatic carbocycles. The van der Waals surface area contributed by atoms with Gasteiger partial charge in [-0.3, -0.25) is 4.79 Å². The molecule has 4 nitrogen and oxygen atoms in total. The Morgan fingerprint density at radius 1 is 1.19 bits per heavy atom. The molecule has 1 aromatic carbocycles. The Kier molecular flexibility index (Phi) is 4.44. The van der Waals surface area contributed by atoms with E-state index in [4.69, 9.17) is 5.73 Å². The van der Waals surface area contributed by atoms with E-state index in [2.05, 4.69) is 51.3 Å². The van der Waals surface area contributed by atoms with E-state index in [-0.39, 0.29) is 32.8 Å². The van der Waals surface area contributed by atoms with E-state index >= 15 is 0 Å². The number of nitrogens with one attached hydrogen (secondary N) is 1. The quantitative estimate of drug-likeness (QED) is 0.780. The molecule has 5 heteroatoms. The van der Waals surface area contributed by atoms with E-state index in [9.17, 15) is 4.79 Å². The Morgan fingerprint density at radius 3 is 2.85 bits per heavy atom. The van der Waals surface area contributed by atoms with Crippen LogP contribution in [0.2, 0.25) is 0 Å². The minimum absolute atomic E-state index is 0. The fourth-order valence-corrected chi connectivity index (χ4v) is 6.13. The molecule has 2 aliphatic heterocycles. The number of anilines is 1. The molecule has 1 amide bonds. The Morgan fingerprint density at radius 2 is 2.04 bits per heavy atom. The summed E-state index contributed by atoms with van der Waals surface area (Å²) in [6, 6.07) is 11.2. The first-order valence-corrected chi connectivity index (χ1v) is 11.1. The molecular formula is C22H31N3OS. The topological polar surface area (TPSA) is 58.4 Å².